The molecule has 1 N–H and O–H groups in total. The predicted octanol–water partition coefficient (Wildman–Crippen LogP) is 3.89. The third kappa shape index (κ3) is 2.78. The highest BCUT2D eigenvalue weighted by Gasteiger charge is 2.31. The van der Waals surface area contributed by atoms with E-state index in [0.717, 1.165) is 22.2 Å². The Balaban J connectivity index is 1.73. The van der Waals surface area contributed by atoms with Crippen LogP contribution < -0.4 is 4.74 Å². The van der Waals surface area contributed by atoms with E-state index in [-0.39, 0.29) is 0 Å². The predicted molar refractivity (Wildman–Crippen MR) is 102 cm³/mol. The number of nitrogens with one attached hydrogen (secondary N) is 1. The topological polar surface area (TPSA) is 62.4 Å². The minimum absolute atomic E-state index is 0.324. The number of fused-ring (bicyclic) bond motifs is 3. The summed E-state index contributed by atoms with van der Waals surface area (Å²) in [7, 11) is -2.01. The highest BCUT2D eigenvalue weighted by molar-refractivity contribution is 7.89. The summed E-state index contributed by atoms with van der Waals surface area (Å²) in [4.78, 5) is 3.70. The summed E-state index contributed by atoms with van der Waals surface area (Å²) >= 11 is 6.07. The number of rotatable bonds is 3. The molecule has 1 aromatic heterocycles. The second-order valence-corrected chi connectivity index (χ2v) is 8.83. The van der Waals surface area contributed by atoms with Gasteiger partial charge in [-0.1, -0.05) is 17.7 Å². The molecular weight excluding hydrogens is 372 g/mol. The van der Waals surface area contributed by atoms with Crippen molar-refractivity contribution in [1.82, 2.24) is 9.29 Å². The van der Waals surface area contributed by atoms with E-state index in [0.29, 0.717) is 40.7 Å². The molecule has 0 fully saturated rings. The van der Waals surface area contributed by atoms with Gasteiger partial charge in [0.15, 0.2) is 0 Å². The fourth-order valence-corrected chi connectivity index (χ4v) is 5.34. The van der Waals surface area contributed by atoms with Crippen LogP contribution >= 0.6 is 11.6 Å². The summed E-state index contributed by atoms with van der Waals surface area (Å²) < 4.78 is 33.1. The summed E-state index contributed by atoms with van der Waals surface area (Å²) in [5, 5.41) is 1.69. The Bertz CT molecular complexity index is 1110. The number of aryl methyl sites for hydroxylation is 1. The van der Waals surface area contributed by atoms with Gasteiger partial charge in [0.1, 0.15) is 5.75 Å². The first-order chi connectivity index (χ1) is 12.4. The third-order valence-electron chi connectivity index (χ3n) is 4.90. The van der Waals surface area contributed by atoms with Crippen molar-refractivity contribution in [3.8, 4) is 5.75 Å². The van der Waals surface area contributed by atoms with E-state index in [1.807, 2.05) is 18.2 Å². The highest BCUT2D eigenvalue weighted by atomic mass is 35.5. The Morgan fingerprint density at radius 2 is 2.00 bits per heavy atom. The number of sulfonamides is 1. The minimum Gasteiger partial charge on any atom is -0.497 e. The quantitative estimate of drug-likeness (QED) is 0.738. The van der Waals surface area contributed by atoms with Gasteiger partial charge in [-0.15, -0.1) is 0 Å². The molecule has 7 heteroatoms. The molecule has 0 amide bonds. The number of halogens is 1. The van der Waals surface area contributed by atoms with Crippen molar-refractivity contribution in [3.63, 3.8) is 0 Å². The minimum atomic E-state index is -3.58. The normalized spacial score (nSPS) is 15.2. The molecule has 0 aliphatic carbocycles. The second-order valence-electron chi connectivity index (χ2n) is 6.49. The van der Waals surface area contributed by atoms with Crippen molar-refractivity contribution < 1.29 is 13.2 Å². The number of aromatic amines is 1. The van der Waals surface area contributed by atoms with Crippen LogP contribution in [0.15, 0.2) is 41.3 Å². The van der Waals surface area contributed by atoms with E-state index in [9.17, 15) is 8.42 Å². The fraction of sp³-hybridized carbons (Fsp3) is 0.263. The third-order valence-corrected chi connectivity index (χ3v) is 7.14. The molecule has 136 valence electrons. The van der Waals surface area contributed by atoms with Crippen LogP contribution in [0.25, 0.3) is 10.9 Å². The Labute approximate surface area is 157 Å². The average molecular weight is 391 g/mol. The van der Waals surface area contributed by atoms with E-state index in [1.54, 1.807) is 36.5 Å². The van der Waals surface area contributed by atoms with Gasteiger partial charge in [0.25, 0.3) is 0 Å². The fourth-order valence-electron chi connectivity index (χ4n) is 3.55. The van der Waals surface area contributed by atoms with E-state index < -0.39 is 10.0 Å². The molecule has 26 heavy (non-hydrogen) atoms. The van der Waals surface area contributed by atoms with Crippen LogP contribution in [0.2, 0.25) is 5.02 Å². The first kappa shape index (κ1) is 17.4. The number of hydrogen-bond acceptors (Lipinski definition) is 3. The zero-order valence-corrected chi connectivity index (χ0v) is 16.1. The van der Waals surface area contributed by atoms with Gasteiger partial charge >= 0.3 is 0 Å². The summed E-state index contributed by atoms with van der Waals surface area (Å²) in [6.07, 6.45) is 0.649. The van der Waals surface area contributed by atoms with Gasteiger partial charge in [-0.25, -0.2) is 8.42 Å². The van der Waals surface area contributed by atoms with Crippen LogP contribution in [0.3, 0.4) is 0 Å². The molecular formula is C19H19ClN2O3S. The van der Waals surface area contributed by atoms with Gasteiger partial charge in [0.05, 0.1) is 12.0 Å². The summed E-state index contributed by atoms with van der Waals surface area (Å²) in [5.41, 5.74) is 3.74. The van der Waals surface area contributed by atoms with Gasteiger partial charge < -0.3 is 9.72 Å². The number of hydrogen-bond donors (Lipinski definition) is 1. The molecule has 5 nitrogen and oxygen atoms in total. The molecule has 0 radical (unpaired) electrons. The highest BCUT2D eigenvalue weighted by Crippen LogP contribution is 2.33. The molecule has 0 bridgehead atoms. The maximum atomic E-state index is 13.2. The zero-order valence-electron chi connectivity index (χ0n) is 14.5. The van der Waals surface area contributed by atoms with Crippen LogP contribution in [0.4, 0.5) is 0 Å². The first-order valence-electron chi connectivity index (χ1n) is 8.34. The monoisotopic (exact) mass is 390 g/mol. The maximum absolute atomic E-state index is 13.2. The Hall–Kier alpha value is -2.02. The summed E-state index contributed by atoms with van der Waals surface area (Å²) in [5.74, 6) is 0.649. The van der Waals surface area contributed by atoms with Crippen LogP contribution in [-0.2, 0) is 23.0 Å². The lowest BCUT2D eigenvalue weighted by molar-refractivity contribution is 0.390. The van der Waals surface area contributed by atoms with Crippen molar-refractivity contribution in [2.75, 3.05) is 13.7 Å². The lowest BCUT2D eigenvalue weighted by Gasteiger charge is -2.27. The second kappa shape index (κ2) is 6.30. The van der Waals surface area contributed by atoms with Gasteiger partial charge in [0.2, 0.25) is 10.0 Å². The van der Waals surface area contributed by atoms with Crippen molar-refractivity contribution in [2.45, 2.75) is 24.8 Å². The Morgan fingerprint density at radius 1 is 1.19 bits per heavy atom. The van der Waals surface area contributed by atoms with Gasteiger partial charge in [-0.3, -0.25) is 0 Å². The van der Waals surface area contributed by atoms with Crippen molar-refractivity contribution >= 4 is 32.5 Å². The van der Waals surface area contributed by atoms with Gasteiger partial charge in [-0.05, 0) is 48.4 Å². The summed E-state index contributed by atoms with van der Waals surface area (Å²) in [6, 6.07) is 10.7. The number of H-pyrrole nitrogens is 1. The molecule has 1 aliphatic rings. The largest absolute Gasteiger partial charge is 0.497 e. The molecule has 2 heterocycles. The van der Waals surface area contributed by atoms with Crippen LogP contribution in [0, 0.1) is 6.92 Å². The maximum Gasteiger partial charge on any atom is 0.243 e. The molecule has 0 unspecified atom stereocenters. The molecule has 0 saturated carbocycles. The number of benzene rings is 2. The molecule has 0 saturated heterocycles. The lowest BCUT2D eigenvalue weighted by atomic mass is 10.1. The smallest absolute Gasteiger partial charge is 0.243 e. The van der Waals surface area contributed by atoms with Crippen molar-refractivity contribution in [2.24, 2.45) is 0 Å². The summed E-state index contributed by atoms with van der Waals surface area (Å²) in [6.45, 7) is 2.59. The number of aromatic nitrogens is 1. The zero-order chi connectivity index (χ0) is 18.5. The molecule has 0 atom stereocenters. The van der Waals surface area contributed by atoms with Gasteiger partial charge in [0, 0.05) is 41.1 Å². The standard InChI is InChI=1S/C19H19ClN2O3S/c1-12-9-14(25-2)4-6-19(12)26(23,24)22-8-7-17-16(11-22)15-5-3-13(20)10-18(15)21-17/h3-6,9-10,21H,7-8,11H2,1-2H3. The molecule has 4 rings (SSSR count). The Kier molecular flexibility index (Phi) is 4.22. The number of nitrogens with zero attached hydrogens (tertiary/aromatic N) is 1. The molecule has 1 aliphatic heterocycles. The van der Waals surface area contributed by atoms with Crippen LogP contribution in [0.1, 0.15) is 16.8 Å². The van der Waals surface area contributed by atoms with E-state index in [1.165, 1.54) is 0 Å². The number of methoxy groups -OCH3 is 1. The Morgan fingerprint density at radius 3 is 2.73 bits per heavy atom. The van der Waals surface area contributed by atoms with Crippen LogP contribution in [-0.4, -0.2) is 31.4 Å². The SMILES string of the molecule is COc1ccc(S(=O)(=O)N2CCc3[nH]c4cc(Cl)ccc4c3C2)c(C)c1. The van der Waals surface area contributed by atoms with E-state index in [2.05, 4.69) is 4.98 Å². The number of ether oxygens (including phenoxy) is 1. The lowest BCUT2D eigenvalue weighted by Crippen LogP contribution is -2.36. The average Bonchev–Trinajstić information content (AvgIpc) is 2.97. The molecule has 2 aromatic carbocycles. The van der Waals surface area contributed by atoms with Crippen molar-refractivity contribution in [1.29, 1.82) is 0 Å². The first-order valence-corrected chi connectivity index (χ1v) is 10.2. The van der Waals surface area contributed by atoms with Gasteiger partial charge in [-0.2, -0.15) is 4.31 Å². The molecule has 3 aromatic rings. The van der Waals surface area contributed by atoms with E-state index in [4.69, 9.17) is 16.3 Å². The van der Waals surface area contributed by atoms with Crippen LogP contribution in [0.5, 0.6) is 5.75 Å². The van der Waals surface area contributed by atoms with E-state index >= 15 is 0 Å². The van der Waals surface area contributed by atoms with Crippen molar-refractivity contribution in [3.05, 3.63) is 58.2 Å². The molecule has 0 spiro atoms.